The molecule has 0 aliphatic rings. The third kappa shape index (κ3) is 9.82. The Morgan fingerprint density at radius 2 is 1.08 bits per heavy atom. The molecule has 3 aromatic carbocycles. The quantitative estimate of drug-likeness (QED) is 0.0874. The lowest BCUT2D eigenvalue weighted by Crippen LogP contribution is -2.53. The summed E-state index contributed by atoms with van der Waals surface area (Å²) < 4.78 is 104. The van der Waals surface area contributed by atoms with Crippen LogP contribution in [0.25, 0.3) is 0 Å². The van der Waals surface area contributed by atoms with Gasteiger partial charge in [-0.2, -0.15) is 17.6 Å². The van der Waals surface area contributed by atoms with Crippen LogP contribution in [0.2, 0.25) is 0 Å². The van der Waals surface area contributed by atoms with Gasteiger partial charge in [-0.05, 0) is 23.3 Å². The lowest BCUT2D eigenvalue weighted by Gasteiger charge is -2.23. The summed E-state index contributed by atoms with van der Waals surface area (Å²) in [7, 11) is -16.1. The van der Waals surface area contributed by atoms with Gasteiger partial charge in [0.1, 0.15) is 17.8 Å². The van der Waals surface area contributed by atoms with E-state index in [0.717, 1.165) is 24.3 Å². The maximum absolute atomic E-state index is 14.1. The van der Waals surface area contributed by atoms with Crippen molar-refractivity contribution in [1.29, 1.82) is 0 Å². The average Bonchev–Trinajstić information content (AvgIpc) is 3.00. The van der Waals surface area contributed by atoms with Gasteiger partial charge in [-0.1, -0.05) is 66.7 Å². The lowest BCUT2D eigenvalue weighted by atomic mass is 10.0. The average molecular weight is 755 g/mol. The summed E-state index contributed by atoms with van der Waals surface area (Å²) in [6.07, 6.45) is -1.14. The summed E-state index contributed by atoms with van der Waals surface area (Å²) >= 11 is 0. The molecule has 0 aliphatic carbocycles. The Kier molecular flexibility index (Phi) is 12.0. The third-order valence-electron chi connectivity index (χ3n) is 6.90. The van der Waals surface area contributed by atoms with Crippen molar-refractivity contribution in [2.45, 2.75) is 41.1 Å². The number of hydrogen-bond acceptors (Lipinski definition) is 7. The van der Waals surface area contributed by atoms with E-state index in [-0.39, 0.29) is 16.0 Å². The van der Waals surface area contributed by atoms with Crippen LogP contribution in [0.5, 0.6) is 0 Å². The van der Waals surface area contributed by atoms with Crippen molar-refractivity contribution < 1.29 is 74.2 Å². The highest BCUT2D eigenvalue weighted by molar-refractivity contribution is 7.92. The molecule has 0 heterocycles. The van der Waals surface area contributed by atoms with E-state index in [1.807, 2.05) is 0 Å². The van der Waals surface area contributed by atoms with Crippen molar-refractivity contribution in [3.63, 3.8) is 0 Å². The fourth-order valence-corrected chi connectivity index (χ4v) is 6.43. The van der Waals surface area contributed by atoms with Gasteiger partial charge >= 0.3 is 32.5 Å². The number of aliphatic carboxylic acids is 1. The van der Waals surface area contributed by atoms with Crippen molar-refractivity contribution in [3.05, 3.63) is 101 Å². The number of rotatable bonds is 15. The summed E-state index contributed by atoms with van der Waals surface area (Å²) in [5.41, 5.74) is -11.3. The first-order valence-corrected chi connectivity index (χ1v) is 18.5. The van der Waals surface area contributed by atoms with Crippen LogP contribution < -0.4 is 10.6 Å². The Labute approximate surface area is 275 Å². The summed E-state index contributed by atoms with van der Waals surface area (Å²) in [5, 5.41) is 14.0. The van der Waals surface area contributed by atoms with Crippen molar-refractivity contribution >= 4 is 42.8 Å². The largest absolute Gasteiger partial charge is 0.480 e. The predicted molar refractivity (Wildman–Crippen MR) is 162 cm³/mol. The summed E-state index contributed by atoms with van der Waals surface area (Å²) in [4.78, 5) is 73.7. The molecule has 0 bridgehead atoms. The van der Waals surface area contributed by atoms with Crippen LogP contribution >= 0.6 is 15.2 Å². The SMILES string of the molecule is O=C(CS(=O)(=O)c1ccccc1)NC(Cc1ccc(C(F)(F)P(=O)(O)O)cc1)C(=O)NC(Cc1ccc(C(F)(F)P(=O)(O)O)cc1)C(=O)O. The van der Waals surface area contributed by atoms with E-state index in [0.29, 0.717) is 24.3 Å². The van der Waals surface area contributed by atoms with E-state index in [1.54, 1.807) is 0 Å². The number of hydrogen-bond donors (Lipinski definition) is 7. The lowest BCUT2D eigenvalue weighted by molar-refractivity contribution is -0.142. The van der Waals surface area contributed by atoms with Crippen LogP contribution in [-0.4, -0.2) is 68.7 Å². The second-order valence-corrected chi connectivity index (χ2v) is 15.9. The minimum Gasteiger partial charge on any atom is -0.480 e. The van der Waals surface area contributed by atoms with E-state index < -0.39 is 95.9 Å². The molecular weight excluding hydrogens is 726 g/mol. The first-order chi connectivity index (χ1) is 22.5. The fraction of sp³-hybridized carbons (Fsp3) is 0.250. The van der Waals surface area contributed by atoms with Gasteiger partial charge in [-0.15, -0.1) is 0 Å². The number of benzene rings is 3. The van der Waals surface area contributed by atoms with Crippen LogP contribution in [0.4, 0.5) is 17.6 Å². The van der Waals surface area contributed by atoms with Crippen LogP contribution in [-0.2, 0) is 57.5 Å². The molecule has 0 aliphatic heterocycles. The molecule has 2 atom stereocenters. The zero-order chi connectivity index (χ0) is 37.0. The van der Waals surface area contributed by atoms with Gasteiger partial charge in [0.25, 0.3) is 0 Å². The van der Waals surface area contributed by atoms with Gasteiger partial charge in [0, 0.05) is 24.0 Å². The first kappa shape index (κ1) is 39.5. The Morgan fingerprint density at radius 1 is 0.673 bits per heavy atom. The molecule has 14 nitrogen and oxygen atoms in total. The molecule has 0 fully saturated rings. The second kappa shape index (κ2) is 14.9. The maximum Gasteiger partial charge on any atom is 0.399 e. The van der Waals surface area contributed by atoms with Crippen molar-refractivity contribution in [3.8, 4) is 0 Å². The molecule has 3 rings (SSSR count). The molecule has 0 spiro atoms. The Morgan fingerprint density at radius 3 is 1.47 bits per heavy atom. The van der Waals surface area contributed by atoms with Crippen LogP contribution in [0, 0.1) is 0 Å². The van der Waals surface area contributed by atoms with Gasteiger partial charge in [-0.3, -0.25) is 18.7 Å². The number of carbonyl (C=O) groups is 3. The van der Waals surface area contributed by atoms with E-state index in [2.05, 4.69) is 10.6 Å². The Balaban J connectivity index is 1.87. The highest BCUT2D eigenvalue weighted by atomic mass is 32.2. The monoisotopic (exact) mass is 754 g/mol. The number of carbonyl (C=O) groups excluding carboxylic acids is 2. The molecule has 0 saturated carbocycles. The number of alkyl halides is 4. The minimum atomic E-state index is -5.93. The van der Waals surface area contributed by atoms with Crippen LogP contribution in [0.1, 0.15) is 22.3 Å². The molecule has 266 valence electrons. The van der Waals surface area contributed by atoms with Crippen molar-refractivity contribution in [1.82, 2.24) is 10.6 Å². The van der Waals surface area contributed by atoms with E-state index in [4.69, 9.17) is 19.6 Å². The summed E-state index contributed by atoms with van der Waals surface area (Å²) in [6, 6.07) is 9.48. The molecule has 0 aromatic heterocycles. The topological polar surface area (TPSA) is 245 Å². The zero-order valence-corrected chi connectivity index (χ0v) is 27.3. The number of nitrogens with one attached hydrogen (secondary N) is 2. The van der Waals surface area contributed by atoms with Crippen molar-refractivity contribution in [2.24, 2.45) is 0 Å². The normalized spacial score (nSPS) is 14.0. The summed E-state index contributed by atoms with van der Waals surface area (Å²) in [5.74, 6) is -5.25. The molecule has 3 aromatic rings. The van der Waals surface area contributed by atoms with E-state index in [1.165, 1.54) is 30.3 Å². The fourth-order valence-electron chi connectivity index (χ4n) is 4.29. The molecular formula is C28H28F4N2O12P2S. The number of carboxylic acid groups (broad SMARTS) is 1. The van der Waals surface area contributed by atoms with E-state index >= 15 is 0 Å². The molecule has 0 radical (unpaired) electrons. The van der Waals surface area contributed by atoms with Crippen molar-refractivity contribution in [2.75, 3.05) is 5.75 Å². The summed E-state index contributed by atoms with van der Waals surface area (Å²) in [6.45, 7) is 0. The number of amides is 2. The maximum atomic E-state index is 14.1. The van der Waals surface area contributed by atoms with Gasteiger partial charge in [0.15, 0.2) is 9.84 Å². The highest BCUT2D eigenvalue weighted by Gasteiger charge is 2.51. The third-order valence-corrected chi connectivity index (χ3v) is 10.5. The van der Waals surface area contributed by atoms with Gasteiger partial charge < -0.3 is 35.3 Å². The predicted octanol–water partition coefficient (Wildman–Crippen LogP) is 2.45. The highest BCUT2D eigenvalue weighted by Crippen LogP contribution is 2.60. The number of sulfone groups is 1. The number of carboxylic acids is 1. The first-order valence-electron chi connectivity index (χ1n) is 13.6. The number of halogens is 4. The molecule has 21 heteroatoms. The van der Waals surface area contributed by atoms with Gasteiger partial charge in [0.2, 0.25) is 11.8 Å². The van der Waals surface area contributed by atoms with Gasteiger partial charge in [-0.25, -0.2) is 13.2 Å². The van der Waals surface area contributed by atoms with Gasteiger partial charge in [0.05, 0.1) is 4.90 Å². The standard InChI is InChI=1S/C28H28F4N2O12P2S/c29-27(30,47(39,40)41)19-10-6-17(7-11-19)14-22(33-24(35)16-49(45,46)21-4-2-1-3-5-21)25(36)34-23(26(37)38)15-18-8-12-20(13-9-18)28(31,32)48(42,43)44/h1-13,22-23H,14-16H2,(H,33,35)(H,34,36)(H,37,38)(H2,39,40,41)(H2,42,43,44). The smallest absolute Gasteiger partial charge is 0.399 e. The molecule has 7 N–H and O–H groups in total. The molecule has 0 saturated heterocycles. The van der Waals surface area contributed by atoms with E-state index in [9.17, 15) is 54.6 Å². The Hall–Kier alpha value is -3.96. The molecule has 2 unspecified atom stereocenters. The zero-order valence-electron chi connectivity index (χ0n) is 24.7. The second-order valence-electron chi connectivity index (χ2n) is 10.6. The van der Waals surface area contributed by atoms with Crippen LogP contribution in [0.15, 0.2) is 83.8 Å². The molecule has 49 heavy (non-hydrogen) atoms. The molecule has 2 amide bonds. The van der Waals surface area contributed by atoms with Crippen LogP contribution in [0.3, 0.4) is 0 Å². The minimum absolute atomic E-state index is 0.00470. The Bertz CT molecular complexity index is 1890.